The van der Waals surface area contributed by atoms with Crippen molar-refractivity contribution in [2.45, 2.75) is 45.2 Å². The molecule has 1 saturated heterocycles. The first-order valence-electron chi connectivity index (χ1n) is 6.97. The first-order chi connectivity index (χ1) is 9.51. The van der Waals surface area contributed by atoms with E-state index in [1.807, 2.05) is 20.8 Å². The van der Waals surface area contributed by atoms with Crippen LogP contribution in [0.3, 0.4) is 0 Å². The van der Waals surface area contributed by atoms with Crippen molar-refractivity contribution in [2.75, 3.05) is 24.6 Å². The summed E-state index contributed by atoms with van der Waals surface area (Å²) in [5.74, 6) is -1.14. The quantitative estimate of drug-likeness (QED) is 0.731. The summed E-state index contributed by atoms with van der Waals surface area (Å²) in [4.78, 5) is 24.6. The topological polar surface area (TPSA) is 104 Å². The van der Waals surface area contributed by atoms with Crippen LogP contribution in [-0.4, -0.2) is 66.5 Å². The van der Waals surface area contributed by atoms with Crippen LogP contribution in [0.2, 0.25) is 0 Å². The van der Waals surface area contributed by atoms with E-state index >= 15 is 0 Å². The fraction of sp³-hybridized carbons (Fsp3) is 0.846. The Labute approximate surface area is 125 Å². The normalized spacial score (nSPS) is 21.8. The largest absolute Gasteiger partial charge is 0.481 e. The molecule has 0 aromatic rings. The number of rotatable bonds is 5. The lowest BCUT2D eigenvalue weighted by atomic mass is 10.0. The molecule has 0 saturated carbocycles. The average molecular weight is 320 g/mol. The number of carbonyl (C=O) groups is 2. The van der Waals surface area contributed by atoms with Crippen molar-refractivity contribution in [1.82, 2.24) is 10.2 Å². The molecule has 0 aromatic carbocycles. The third-order valence-corrected chi connectivity index (χ3v) is 5.12. The minimum absolute atomic E-state index is 0.0460. The first kappa shape index (κ1) is 17.9. The van der Waals surface area contributed by atoms with Crippen molar-refractivity contribution >= 4 is 21.7 Å². The van der Waals surface area contributed by atoms with E-state index in [1.165, 1.54) is 4.90 Å². The number of carboxylic acids is 1. The van der Waals surface area contributed by atoms with Gasteiger partial charge in [-0.15, -0.1) is 0 Å². The molecule has 0 aliphatic carbocycles. The molecule has 2 N–H and O–H groups in total. The summed E-state index contributed by atoms with van der Waals surface area (Å²) in [5.41, 5.74) is -0.500. The van der Waals surface area contributed by atoms with Gasteiger partial charge in [-0.1, -0.05) is 0 Å². The van der Waals surface area contributed by atoms with Gasteiger partial charge < -0.3 is 15.3 Å². The number of nitrogens with zero attached hydrogens (tertiary/aromatic N) is 1. The SMILES string of the molecule is CC(C)(C)N(CCC(=O)O)C(=O)CC1CS(=O)(=O)CCN1. The van der Waals surface area contributed by atoms with Gasteiger partial charge in [0.25, 0.3) is 0 Å². The van der Waals surface area contributed by atoms with Crippen molar-refractivity contribution < 1.29 is 23.1 Å². The van der Waals surface area contributed by atoms with Crippen molar-refractivity contribution in [3.63, 3.8) is 0 Å². The molecule has 8 heteroatoms. The lowest BCUT2D eigenvalue weighted by Crippen LogP contribution is -2.51. The molecule has 0 radical (unpaired) electrons. The van der Waals surface area contributed by atoms with Crippen molar-refractivity contribution in [2.24, 2.45) is 0 Å². The van der Waals surface area contributed by atoms with Gasteiger partial charge in [-0.2, -0.15) is 0 Å². The average Bonchev–Trinajstić information content (AvgIpc) is 2.24. The Morgan fingerprint density at radius 3 is 2.43 bits per heavy atom. The van der Waals surface area contributed by atoms with E-state index in [0.717, 1.165) is 0 Å². The van der Waals surface area contributed by atoms with Gasteiger partial charge in [0.2, 0.25) is 5.91 Å². The van der Waals surface area contributed by atoms with Gasteiger partial charge in [-0.3, -0.25) is 9.59 Å². The molecule has 1 heterocycles. The van der Waals surface area contributed by atoms with Crippen LogP contribution in [0.1, 0.15) is 33.6 Å². The third-order valence-electron chi connectivity index (χ3n) is 3.38. The van der Waals surface area contributed by atoms with Gasteiger partial charge in [0, 0.05) is 31.1 Å². The van der Waals surface area contributed by atoms with Gasteiger partial charge in [0.1, 0.15) is 0 Å². The van der Waals surface area contributed by atoms with E-state index in [2.05, 4.69) is 5.32 Å². The molecule has 0 aromatic heterocycles. The molecule has 1 amide bonds. The number of amides is 1. The molecule has 1 atom stereocenters. The molecule has 1 aliphatic rings. The standard InChI is InChI=1S/C13H24N2O5S/c1-13(2,3)15(6-4-12(17)18)11(16)8-10-9-21(19,20)7-5-14-10/h10,14H,4-9H2,1-3H3,(H,17,18). The van der Waals surface area contributed by atoms with Crippen molar-refractivity contribution in [1.29, 1.82) is 0 Å². The summed E-state index contributed by atoms with van der Waals surface area (Å²) in [5, 5.41) is 11.8. The maximum absolute atomic E-state index is 12.4. The van der Waals surface area contributed by atoms with Crippen LogP contribution in [0.4, 0.5) is 0 Å². The summed E-state index contributed by atoms with van der Waals surface area (Å²) < 4.78 is 23.2. The van der Waals surface area contributed by atoms with E-state index in [9.17, 15) is 18.0 Å². The zero-order valence-electron chi connectivity index (χ0n) is 12.8. The predicted molar refractivity (Wildman–Crippen MR) is 78.8 cm³/mol. The van der Waals surface area contributed by atoms with E-state index in [1.54, 1.807) is 0 Å². The van der Waals surface area contributed by atoms with E-state index < -0.39 is 27.4 Å². The Kier molecular flexibility index (Phi) is 5.75. The molecule has 7 nitrogen and oxygen atoms in total. The van der Waals surface area contributed by atoms with Gasteiger partial charge in [-0.05, 0) is 20.8 Å². The van der Waals surface area contributed by atoms with E-state index in [-0.39, 0.29) is 36.8 Å². The van der Waals surface area contributed by atoms with Crippen LogP contribution < -0.4 is 5.32 Å². The maximum atomic E-state index is 12.4. The van der Waals surface area contributed by atoms with Gasteiger partial charge in [0.15, 0.2) is 9.84 Å². The maximum Gasteiger partial charge on any atom is 0.305 e. The number of hydrogen-bond donors (Lipinski definition) is 2. The highest BCUT2D eigenvalue weighted by Crippen LogP contribution is 2.17. The second-order valence-electron chi connectivity index (χ2n) is 6.33. The first-order valence-corrected chi connectivity index (χ1v) is 8.79. The minimum atomic E-state index is -3.09. The molecule has 122 valence electrons. The Bertz CT molecular complexity index is 495. The summed E-state index contributed by atoms with van der Waals surface area (Å²) in [6.07, 6.45) is -0.0600. The highest BCUT2D eigenvalue weighted by Gasteiger charge is 2.31. The van der Waals surface area contributed by atoms with Crippen LogP contribution in [0, 0.1) is 0 Å². The molecule has 0 spiro atoms. The number of carboxylic acid groups (broad SMARTS) is 1. The number of carbonyl (C=O) groups excluding carboxylic acids is 1. The highest BCUT2D eigenvalue weighted by atomic mass is 32.2. The fourth-order valence-corrected chi connectivity index (χ4v) is 3.81. The third kappa shape index (κ3) is 6.01. The molecule has 1 aliphatic heterocycles. The fourth-order valence-electron chi connectivity index (χ4n) is 2.36. The summed E-state index contributed by atoms with van der Waals surface area (Å²) in [7, 11) is -3.09. The Morgan fingerprint density at radius 1 is 1.33 bits per heavy atom. The minimum Gasteiger partial charge on any atom is -0.481 e. The molecule has 0 bridgehead atoms. The second kappa shape index (κ2) is 6.74. The highest BCUT2D eigenvalue weighted by molar-refractivity contribution is 7.91. The van der Waals surface area contributed by atoms with E-state index in [4.69, 9.17) is 5.11 Å². The summed E-state index contributed by atoms with van der Waals surface area (Å²) >= 11 is 0. The number of sulfone groups is 1. The van der Waals surface area contributed by atoms with Crippen molar-refractivity contribution in [3.8, 4) is 0 Å². The number of aliphatic carboxylic acids is 1. The molecule has 1 fully saturated rings. The van der Waals surface area contributed by atoms with Crippen LogP contribution >= 0.6 is 0 Å². The van der Waals surface area contributed by atoms with Gasteiger partial charge >= 0.3 is 5.97 Å². The van der Waals surface area contributed by atoms with Crippen LogP contribution in [-0.2, 0) is 19.4 Å². The molecule has 1 unspecified atom stereocenters. The summed E-state index contributed by atoms with van der Waals surface area (Å²) in [6.45, 7) is 5.97. The van der Waals surface area contributed by atoms with Crippen LogP contribution in [0.5, 0.6) is 0 Å². The lowest BCUT2D eigenvalue weighted by Gasteiger charge is -2.37. The molecule has 21 heavy (non-hydrogen) atoms. The van der Waals surface area contributed by atoms with Gasteiger partial charge in [0.05, 0.1) is 17.9 Å². The zero-order valence-corrected chi connectivity index (χ0v) is 13.6. The lowest BCUT2D eigenvalue weighted by molar-refractivity contribution is -0.140. The second-order valence-corrected chi connectivity index (χ2v) is 8.56. The smallest absolute Gasteiger partial charge is 0.305 e. The predicted octanol–water partition coefficient (Wildman–Crippen LogP) is -0.135. The van der Waals surface area contributed by atoms with Crippen LogP contribution in [0.25, 0.3) is 0 Å². The molecular weight excluding hydrogens is 296 g/mol. The molecular formula is C13H24N2O5S. The monoisotopic (exact) mass is 320 g/mol. The number of hydrogen-bond acceptors (Lipinski definition) is 5. The Balaban J connectivity index is 2.70. The molecule has 1 rings (SSSR count). The number of nitrogens with one attached hydrogen (secondary N) is 1. The zero-order chi connectivity index (χ0) is 16.3. The van der Waals surface area contributed by atoms with Crippen LogP contribution in [0.15, 0.2) is 0 Å². The summed E-state index contributed by atoms with van der Waals surface area (Å²) in [6, 6.07) is -0.397. The Hall–Kier alpha value is -1.15. The van der Waals surface area contributed by atoms with Gasteiger partial charge in [-0.25, -0.2) is 8.42 Å². The van der Waals surface area contributed by atoms with E-state index in [0.29, 0.717) is 6.54 Å². The van der Waals surface area contributed by atoms with Crippen molar-refractivity contribution in [3.05, 3.63) is 0 Å². The Morgan fingerprint density at radius 2 is 1.95 bits per heavy atom.